The molecular formula is C24H30N4O7. The molecule has 0 aromatic heterocycles. The lowest BCUT2D eigenvalue weighted by atomic mass is 10.1. The second-order valence-electron chi connectivity index (χ2n) is 7.67. The van der Waals surface area contributed by atoms with E-state index in [-0.39, 0.29) is 44.7 Å². The molecule has 35 heavy (non-hydrogen) atoms. The number of ether oxygens (including phenoxy) is 1. The Hall–Kier alpha value is -3.86. The van der Waals surface area contributed by atoms with E-state index in [0.717, 1.165) is 16.9 Å². The third kappa shape index (κ3) is 8.78. The van der Waals surface area contributed by atoms with Crippen molar-refractivity contribution >= 4 is 35.4 Å². The zero-order valence-electron chi connectivity index (χ0n) is 19.8. The number of carbonyl (C=O) groups is 6. The third-order valence-electron chi connectivity index (χ3n) is 5.15. The molecule has 0 aliphatic carbocycles. The molecule has 3 N–H and O–H groups in total. The summed E-state index contributed by atoms with van der Waals surface area (Å²) in [7, 11) is 0. The first kappa shape index (κ1) is 27.4. The van der Waals surface area contributed by atoms with E-state index >= 15 is 0 Å². The van der Waals surface area contributed by atoms with Crippen molar-refractivity contribution in [2.24, 2.45) is 0 Å². The summed E-state index contributed by atoms with van der Waals surface area (Å²) in [5.41, 5.74) is 1.32. The summed E-state index contributed by atoms with van der Waals surface area (Å²) >= 11 is 0. The molecule has 1 atom stereocenters. The standard InChI is InChI=1S/C24H30N4O7/c1-3-16-5-7-17(8-6-16)23(33)27-24(34)18(26-19(29)4-2)15-20(30)25-11-13-35-14-12-28-21(31)9-10-22(28)32/h5-10,18H,3-4,11-15H2,1-2H3,(H,25,30)(H,26,29)(H,27,33,34). The first-order chi connectivity index (χ1) is 16.7. The van der Waals surface area contributed by atoms with Crippen LogP contribution in [0.1, 0.15) is 42.6 Å². The van der Waals surface area contributed by atoms with E-state index in [2.05, 4.69) is 16.0 Å². The Morgan fingerprint density at radius 1 is 0.943 bits per heavy atom. The maximum atomic E-state index is 12.6. The Balaban J connectivity index is 1.79. The van der Waals surface area contributed by atoms with Crippen LogP contribution in [0.2, 0.25) is 0 Å². The van der Waals surface area contributed by atoms with Crippen molar-refractivity contribution in [2.45, 2.75) is 39.2 Å². The molecule has 0 saturated carbocycles. The average Bonchev–Trinajstić information content (AvgIpc) is 3.17. The molecule has 188 valence electrons. The number of amides is 6. The van der Waals surface area contributed by atoms with Gasteiger partial charge in [-0.2, -0.15) is 0 Å². The monoisotopic (exact) mass is 486 g/mol. The fourth-order valence-corrected chi connectivity index (χ4v) is 3.10. The molecule has 0 spiro atoms. The molecule has 1 aromatic rings. The van der Waals surface area contributed by atoms with Crippen molar-refractivity contribution in [3.63, 3.8) is 0 Å². The Labute approximate surface area is 203 Å². The van der Waals surface area contributed by atoms with Gasteiger partial charge in [-0.1, -0.05) is 26.0 Å². The van der Waals surface area contributed by atoms with Crippen molar-refractivity contribution < 1.29 is 33.5 Å². The van der Waals surface area contributed by atoms with Gasteiger partial charge in [0.2, 0.25) is 17.7 Å². The van der Waals surface area contributed by atoms with Gasteiger partial charge in [-0.3, -0.25) is 39.0 Å². The molecular weight excluding hydrogens is 456 g/mol. The van der Waals surface area contributed by atoms with Crippen LogP contribution in [0.4, 0.5) is 0 Å². The van der Waals surface area contributed by atoms with Gasteiger partial charge in [-0.05, 0) is 24.1 Å². The topological polar surface area (TPSA) is 151 Å². The van der Waals surface area contributed by atoms with Crippen molar-refractivity contribution in [3.8, 4) is 0 Å². The number of rotatable bonds is 13. The molecule has 11 nitrogen and oxygen atoms in total. The molecule has 1 aliphatic heterocycles. The van der Waals surface area contributed by atoms with Crippen LogP contribution in [0.15, 0.2) is 36.4 Å². The summed E-state index contributed by atoms with van der Waals surface area (Å²) < 4.78 is 5.31. The highest BCUT2D eigenvalue weighted by Crippen LogP contribution is 2.06. The smallest absolute Gasteiger partial charge is 0.257 e. The Kier molecular flexibility index (Phi) is 10.8. The largest absolute Gasteiger partial charge is 0.378 e. The number of nitrogens with one attached hydrogen (secondary N) is 3. The first-order valence-corrected chi connectivity index (χ1v) is 11.4. The molecule has 11 heteroatoms. The SMILES string of the molecule is CCC(=O)NC(CC(=O)NCCOCCN1C(=O)C=CC1=O)C(=O)NC(=O)c1ccc(CC)cc1. The van der Waals surface area contributed by atoms with Gasteiger partial charge >= 0.3 is 0 Å². The zero-order chi connectivity index (χ0) is 25.8. The third-order valence-corrected chi connectivity index (χ3v) is 5.15. The summed E-state index contributed by atoms with van der Waals surface area (Å²) in [6, 6.07) is 5.52. The predicted octanol–water partition coefficient (Wildman–Crippen LogP) is -0.152. The summed E-state index contributed by atoms with van der Waals surface area (Å²) in [4.78, 5) is 73.1. The van der Waals surface area contributed by atoms with Crippen molar-refractivity contribution in [1.82, 2.24) is 20.9 Å². The first-order valence-electron chi connectivity index (χ1n) is 11.4. The number of nitrogens with zero attached hydrogens (tertiary/aromatic N) is 1. The zero-order valence-corrected chi connectivity index (χ0v) is 19.8. The average molecular weight is 487 g/mol. The maximum Gasteiger partial charge on any atom is 0.257 e. The lowest BCUT2D eigenvalue weighted by Crippen LogP contribution is -2.50. The molecule has 0 radical (unpaired) electrons. The van der Waals surface area contributed by atoms with E-state index < -0.39 is 41.5 Å². The molecule has 6 amide bonds. The molecule has 1 aromatic carbocycles. The minimum Gasteiger partial charge on any atom is -0.378 e. The van der Waals surface area contributed by atoms with Gasteiger partial charge in [0, 0.05) is 30.7 Å². The normalized spacial score (nSPS) is 13.5. The molecule has 1 heterocycles. The highest BCUT2D eigenvalue weighted by Gasteiger charge is 2.25. The van der Waals surface area contributed by atoms with E-state index in [4.69, 9.17) is 4.74 Å². The minimum atomic E-state index is -1.23. The summed E-state index contributed by atoms with van der Waals surface area (Å²) in [6.45, 7) is 4.00. The number of benzene rings is 1. The lowest BCUT2D eigenvalue weighted by molar-refractivity contribution is -0.137. The van der Waals surface area contributed by atoms with E-state index in [9.17, 15) is 28.8 Å². The van der Waals surface area contributed by atoms with Crippen molar-refractivity contribution in [1.29, 1.82) is 0 Å². The Bertz CT molecular complexity index is 970. The van der Waals surface area contributed by atoms with Crippen molar-refractivity contribution in [2.75, 3.05) is 26.3 Å². The summed E-state index contributed by atoms with van der Waals surface area (Å²) in [5, 5.41) is 7.24. The van der Waals surface area contributed by atoms with Gasteiger partial charge in [0.15, 0.2) is 0 Å². The van der Waals surface area contributed by atoms with Crippen molar-refractivity contribution in [3.05, 3.63) is 47.5 Å². The van der Waals surface area contributed by atoms with Gasteiger partial charge in [0.1, 0.15) is 6.04 Å². The van der Waals surface area contributed by atoms with Gasteiger partial charge in [-0.25, -0.2) is 0 Å². The van der Waals surface area contributed by atoms with Gasteiger partial charge in [-0.15, -0.1) is 0 Å². The number of carbonyl (C=O) groups excluding carboxylic acids is 6. The van der Waals surface area contributed by atoms with E-state index in [1.54, 1.807) is 31.2 Å². The minimum absolute atomic E-state index is 0.0963. The van der Waals surface area contributed by atoms with Crippen LogP contribution in [-0.4, -0.2) is 72.7 Å². The fraction of sp³-hybridized carbons (Fsp3) is 0.417. The fourth-order valence-electron chi connectivity index (χ4n) is 3.10. The summed E-state index contributed by atoms with van der Waals surface area (Å²) in [5.74, 6) is -3.20. The van der Waals surface area contributed by atoms with Crippen LogP contribution in [0.5, 0.6) is 0 Å². The Morgan fingerprint density at radius 3 is 2.20 bits per heavy atom. The number of imide groups is 2. The van der Waals surface area contributed by atoms with Crippen LogP contribution in [0.25, 0.3) is 0 Å². The summed E-state index contributed by atoms with van der Waals surface area (Å²) in [6.07, 6.45) is 2.90. The van der Waals surface area contributed by atoms with Gasteiger partial charge < -0.3 is 15.4 Å². The second-order valence-corrected chi connectivity index (χ2v) is 7.67. The van der Waals surface area contributed by atoms with Crippen LogP contribution in [0, 0.1) is 0 Å². The van der Waals surface area contributed by atoms with E-state index in [0.29, 0.717) is 0 Å². The van der Waals surface area contributed by atoms with Gasteiger partial charge in [0.25, 0.3) is 17.7 Å². The van der Waals surface area contributed by atoms with Crippen LogP contribution < -0.4 is 16.0 Å². The van der Waals surface area contributed by atoms with E-state index in [1.807, 2.05) is 6.92 Å². The van der Waals surface area contributed by atoms with Crippen LogP contribution in [-0.2, 0) is 35.1 Å². The predicted molar refractivity (Wildman–Crippen MR) is 125 cm³/mol. The lowest BCUT2D eigenvalue weighted by Gasteiger charge is -2.18. The Morgan fingerprint density at radius 2 is 1.60 bits per heavy atom. The number of aryl methyl sites for hydroxylation is 1. The van der Waals surface area contributed by atoms with E-state index in [1.165, 1.54) is 12.2 Å². The number of hydrogen-bond acceptors (Lipinski definition) is 7. The molecule has 2 rings (SSSR count). The number of hydrogen-bond donors (Lipinski definition) is 3. The molecule has 0 fully saturated rings. The highest BCUT2D eigenvalue weighted by atomic mass is 16.5. The van der Waals surface area contributed by atoms with Gasteiger partial charge in [0.05, 0.1) is 26.2 Å². The molecule has 1 unspecified atom stereocenters. The van der Waals surface area contributed by atoms with Crippen LogP contribution in [0.3, 0.4) is 0 Å². The molecule has 0 saturated heterocycles. The molecule has 1 aliphatic rings. The second kappa shape index (κ2) is 13.8. The maximum absolute atomic E-state index is 12.6. The quantitative estimate of drug-likeness (QED) is 0.259. The molecule has 0 bridgehead atoms. The highest BCUT2D eigenvalue weighted by molar-refractivity contribution is 6.12. The van der Waals surface area contributed by atoms with Crippen LogP contribution >= 0.6 is 0 Å².